The van der Waals surface area contributed by atoms with Crippen molar-refractivity contribution in [2.75, 3.05) is 19.6 Å². The smallest absolute Gasteiger partial charge is 0.410 e. The second-order valence-corrected chi connectivity index (χ2v) is 7.26. The summed E-state index contributed by atoms with van der Waals surface area (Å²) in [6.45, 7) is 10.3. The highest BCUT2D eigenvalue weighted by Gasteiger charge is 2.30. The second-order valence-electron chi connectivity index (χ2n) is 7.26. The molecule has 132 valence electrons. The molecule has 1 aliphatic rings. The Labute approximate surface area is 143 Å². The topological polar surface area (TPSA) is 70.1 Å². The van der Waals surface area contributed by atoms with Gasteiger partial charge in [0, 0.05) is 32.2 Å². The third kappa shape index (κ3) is 4.96. The van der Waals surface area contributed by atoms with Crippen molar-refractivity contribution in [3.8, 4) is 0 Å². The number of rotatable bonds is 3. The molecular weight excluding hydrogens is 308 g/mol. The molecule has 0 spiro atoms. The maximum Gasteiger partial charge on any atom is 0.410 e. The van der Waals surface area contributed by atoms with Gasteiger partial charge < -0.3 is 14.7 Å². The Bertz CT molecular complexity index is 609. The summed E-state index contributed by atoms with van der Waals surface area (Å²) in [5.74, 6) is -0.917. The van der Waals surface area contributed by atoms with Crippen molar-refractivity contribution in [3.05, 3.63) is 35.4 Å². The van der Waals surface area contributed by atoms with Gasteiger partial charge in [-0.25, -0.2) is 9.59 Å². The lowest BCUT2D eigenvalue weighted by molar-refractivity contribution is 0.000532. The Morgan fingerprint density at radius 3 is 2.58 bits per heavy atom. The van der Waals surface area contributed by atoms with Crippen LogP contribution in [0.2, 0.25) is 0 Å². The molecule has 1 heterocycles. The minimum Gasteiger partial charge on any atom is -0.478 e. The maximum absolute atomic E-state index is 12.2. The largest absolute Gasteiger partial charge is 0.478 e. The normalized spacial score (nSPS) is 19.2. The van der Waals surface area contributed by atoms with E-state index in [1.807, 2.05) is 33.8 Å². The second kappa shape index (κ2) is 7.21. The Morgan fingerprint density at radius 1 is 1.29 bits per heavy atom. The molecule has 0 bridgehead atoms. The summed E-state index contributed by atoms with van der Waals surface area (Å²) in [5, 5.41) is 9.07. The van der Waals surface area contributed by atoms with Gasteiger partial charge in [-0.05, 0) is 45.4 Å². The molecular formula is C18H26N2O4. The van der Waals surface area contributed by atoms with E-state index in [1.54, 1.807) is 23.1 Å². The molecule has 1 N–H and O–H groups in total. The van der Waals surface area contributed by atoms with E-state index in [0.717, 1.165) is 18.7 Å². The monoisotopic (exact) mass is 334 g/mol. The van der Waals surface area contributed by atoms with Crippen molar-refractivity contribution in [2.45, 2.75) is 45.9 Å². The number of ether oxygens (including phenoxy) is 1. The molecule has 0 unspecified atom stereocenters. The van der Waals surface area contributed by atoms with E-state index in [0.29, 0.717) is 18.7 Å². The average molecular weight is 334 g/mol. The summed E-state index contributed by atoms with van der Waals surface area (Å²) >= 11 is 0. The highest BCUT2D eigenvalue weighted by Crippen LogP contribution is 2.17. The van der Waals surface area contributed by atoms with E-state index in [2.05, 4.69) is 4.90 Å². The van der Waals surface area contributed by atoms with Crippen LogP contribution in [0, 0.1) is 0 Å². The summed E-state index contributed by atoms with van der Waals surface area (Å²) in [7, 11) is 0. The Kier molecular flexibility index (Phi) is 5.49. The highest BCUT2D eigenvalue weighted by atomic mass is 16.6. The summed E-state index contributed by atoms with van der Waals surface area (Å²) in [5.41, 5.74) is 0.770. The van der Waals surface area contributed by atoms with Crippen molar-refractivity contribution in [3.63, 3.8) is 0 Å². The summed E-state index contributed by atoms with van der Waals surface area (Å²) in [4.78, 5) is 27.3. The number of carbonyl (C=O) groups is 2. The number of piperazine rings is 1. The minimum atomic E-state index is -0.917. The van der Waals surface area contributed by atoms with E-state index in [1.165, 1.54) is 0 Å². The first-order valence-corrected chi connectivity index (χ1v) is 8.20. The number of benzene rings is 1. The molecule has 1 aliphatic heterocycles. The number of carboxylic acids is 1. The first-order valence-electron chi connectivity index (χ1n) is 8.20. The fourth-order valence-corrected chi connectivity index (χ4v) is 2.83. The number of hydrogen-bond acceptors (Lipinski definition) is 4. The Hall–Kier alpha value is -2.08. The predicted octanol–water partition coefficient (Wildman–Crippen LogP) is 2.83. The number of amides is 1. The number of carboxylic acid groups (broad SMARTS) is 1. The van der Waals surface area contributed by atoms with Gasteiger partial charge in [0.2, 0.25) is 0 Å². The van der Waals surface area contributed by atoms with Gasteiger partial charge in [0.1, 0.15) is 5.60 Å². The number of carbonyl (C=O) groups excluding carboxylic acids is 1. The van der Waals surface area contributed by atoms with Gasteiger partial charge in [0.15, 0.2) is 0 Å². The third-order valence-electron chi connectivity index (χ3n) is 3.92. The van der Waals surface area contributed by atoms with E-state index in [4.69, 9.17) is 9.84 Å². The predicted molar refractivity (Wildman–Crippen MR) is 91.1 cm³/mol. The van der Waals surface area contributed by atoms with E-state index >= 15 is 0 Å². The Balaban J connectivity index is 1.95. The number of hydrogen-bond donors (Lipinski definition) is 1. The lowest BCUT2D eigenvalue weighted by Crippen LogP contribution is -2.54. The third-order valence-corrected chi connectivity index (χ3v) is 3.92. The molecule has 1 aromatic carbocycles. The number of aromatic carboxylic acids is 1. The van der Waals surface area contributed by atoms with Gasteiger partial charge in [0.25, 0.3) is 0 Å². The highest BCUT2D eigenvalue weighted by molar-refractivity contribution is 5.87. The molecule has 0 aliphatic carbocycles. The van der Waals surface area contributed by atoms with Gasteiger partial charge in [-0.1, -0.05) is 12.1 Å². The van der Waals surface area contributed by atoms with E-state index in [-0.39, 0.29) is 12.1 Å². The molecule has 2 rings (SSSR count). The quantitative estimate of drug-likeness (QED) is 0.920. The van der Waals surface area contributed by atoms with Gasteiger partial charge in [-0.2, -0.15) is 0 Å². The van der Waals surface area contributed by atoms with Gasteiger partial charge >= 0.3 is 12.1 Å². The first kappa shape index (κ1) is 18.3. The average Bonchev–Trinajstić information content (AvgIpc) is 2.45. The van der Waals surface area contributed by atoms with Crippen LogP contribution in [0.25, 0.3) is 0 Å². The van der Waals surface area contributed by atoms with Crippen LogP contribution in [0.15, 0.2) is 24.3 Å². The lowest BCUT2D eigenvalue weighted by atomic mass is 10.1. The molecule has 1 fully saturated rings. The van der Waals surface area contributed by atoms with Crippen LogP contribution in [-0.2, 0) is 11.3 Å². The Morgan fingerprint density at radius 2 is 2.00 bits per heavy atom. The van der Waals surface area contributed by atoms with Crippen molar-refractivity contribution >= 4 is 12.1 Å². The van der Waals surface area contributed by atoms with Crippen molar-refractivity contribution in [2.24, 2.45) is 0 Å². The van der Waals surface area contributed by atoms with Crippen molar-refractivity contribution in [1.29, 1.82) is 0 Å². The summed E-state index contributed by atoms with van der Waals surface area (Å²) in [6, 6.07) is 7.04. The lowest BCUT2D eigenvalue weighted by Gasteiger charge is -2.40. The van der Waals surface area contributed by atoms with Gasteiger partial charge in [-0.3, -0.25) is 4.90 Å². The molecule has 1 amide bonds. The number of nitrogens with zero attached hydrogens (tertiary/aromatic N) is 2. The van der Waals surface area contributed by atoms with E-state index in [9.17, 15) is 9.59 Å². The van der Waals surface area contributed by atoms with Crippen molar-refractivity contribution in [1.82, 2.24) is 9.80 Å². The molecule has 1 aromatic rings. The molecule has 0 radical (unpaired) electrons. The first-order chi connectivity index (χ1) is 11.2. The van der Waals surface area contributed by atoms with Crippen LogP contribution < -0.4 is 0 Å². The zero-order valence-electron chi connectivity index (χ0n) is 14.8. The van der Waals surface area contributed by atoms with Crippen LogP contribution in [-0.4, -0.2) is 58.2 Å². The van der Waals surface area contributed by atoms with Crippen molar-refractivity contribution < 1.29 is 19.4 Å². The molecule has 0 aromatic heterocycles. The fourth-order valence-electron chi connectivity index (χ4n) is 2.83. The fraction of sp³-hybridized carbons (Fsp3) is 0.556. The van der Waals surface area contributed by atoms with Crippen LogP contribution in [0.4, 0.5) is 4.79 Å². The summed E-state index contributed by atoms with van der Waals surface area (Å²) in [6.07, 6.45) is -0.275. The van der Waals surface area contributed by atoms with Crippen LogP contribution in [0.3, 0.4) is 0 Å². The van der Waals surface area contributed by atoms with Gasteiger partial charge in [0.05, 0.1) is 5.56 Å². The van der Waals surface area contributed by atoms with Crippen LogP contribution >= 0.6 is 0 Å². The molecule has 6 heteroatoms. The zero-order chi connectivity index (χ0) is 17.9. The molecule has 24 heavy (non-hydrogen) atoms. The maximum atomic E-state index is 12.2. The molecule has 0 saturated carbocycles. The van der Waals surface area contributed by atoms with Crippen LogP contribution in [0.5, 0.6) is 0 Å². The SMILES string of the molecule is C[C@@H]1CN(Cc2cccc(C(=O)O)c2)CCN1C(=O)OC(C)(C)C. The molecule has 1 atom stereocenters. The summed E-state index contributed by atoms with van der Waals surface area (Å²) < 4.78 is 5.45. The van der Waals surface area contributed by atoms with E-state index < -0.39 is 11.6 Å². The van der Waals surface area contributed by atoms with Crippen LogP contribution in [0.1, 0.15) is 43.6 Å². The zero-order valence-corrected chi connectivity index (χ0v) is 14.8. The minimum absolute atomic E-state index is 0.0521. The van der Waals surface area contributed by atoms with Gasteiger partial charge in [-0.15, -0.1) is 0 Å². The molecule has 1 saturated heterocycles. The standard InChI is InChI=1S/C18H26N2O4/c1-13-11-19(8-9-20(13)17(23)24-18(2,3)4)12-14-6-5-7-15(10-14)16(21)22/h5-7,10,13H,8-9,11-12H2,1-4H3,(H,21,22)/t13-/m1/s1. The molecule has 6 nitrogen and oxygen atoms in total.